The van der Waals surface area contributed by atoms with Gasteiger partial charge in [-0.15, -0.1) is 11.6 Å². The Morgan fingerprint density at radius 3 is 2.28 bits per heavy atom. The molecule has 18 heavy (non-hydrogen) atoms. The average Bonchev–Trinajstić information content (AvgIpc) is 2.37. The minimum absolute atomic E-state index is 0.239. The van der Waals surface area contributed by atoms with Crippen LogP contribution in [0.2, 0.25) is 0 Å². The van der Waals surface area contributed by atoms with Crippen molar-refractivity contribution < 1.29 is 4.39 Å². The second-order valence-corrected chi connectivity index (χ2v) is 7.41. The Balaban J connectivity index is 1.73. The van der Waals surface area contributed by atoms with E-state index >= 15 is 0 Å². The molecule has 0 saturated heterocycles. The lowest BCUT2D eigenvalue weighted by Gasteiger charge is -2.35. The molecule has 2 aliphatic carbocycles. The molecule has 0 aliphatic heterocycles. The molecule has 2 fully saturated rings. The molecule has 2 heteroatoms. The predicted octanol–water partition coefficient (Wildman–Crippen LogP) is 5.58. The molecule has 0 aromatic rings. The molecule has 4 atom stereocenters. The molecule has 0 aromatic heterocycles. The van der Waals surface area contributed by atoms with E-state index < -0.39 is 6.17 Å². The second-order valence-electron chi connectivity index (χ2n) is 6.91. The standard InChI is InChI=1S/C16H28ClF/c1-11-3-6-13(7-4-11)8-10-14-9-5-12(2)15(17)16(14)18/h11-16H,3-10H2,1-2H3. The maximum absolute atomic E-state index is 14.2. The number of halogens is 2. The van der Waals surface area contributed by atoms with Crippen molar-refractivity contribution >= 4 is 11.6 Å². The van der Waals surface area contributed by atoms with Gasteiger partial charge in [-0.2, -0.15) is 0 Å². The van der Waals surface area contributed by atoms with Gasteiger partial charge in [0.25, 0.3) is 0 Å². The summed E-state index contributed by atoms with van der Waals surface area (Å²) in [5.74, 6) is 2.37. The molecule has 2 aliphatic rings. The van der Waals surface area contributed by atoms with Crippen LogP contribution in [0.1, 0.15) is 65.2 Å². The molecule has 0 nitrogen and oxygen atoms in total. The maximum atomic E-state index is 14.2. The van der Waals surface area contributed by atoms with Crippen molar-refractivity contribution in [2.24, 2.45) is 23.7 Å². The van der Waals surface area contributed by atoms with E-state index in [-0.39, 0.29) is 11.3 Å². The third kappa shape index (κ3) is 3.62. The van der Waals surface area contributed by atoms with Gasteiger partial charge in [0.15, 0.2) is 0 Å². The highest BCUT2D eigenvalue weighted by Crippen LogP contribution is 2.39. The van der Waals surface area contributed by atoms with Crippen LogP contribution in [0, 0.1) is 23.7 Å². The van der Waals surface area contributed by atoms with E-state index in [0.29, 0.717) is 5.92 Å². The van der Waals surface area contributed by atoms with Gasteiger partial charge >= 0.3 is 0 Å². The second kappa shape index (κ2) is 6.59. The summed E-state index contributed by atoms with van der Waals surface area (Å²) in [5.41, 5.74) is 0. The summed E-state index contributed by atoms with van der Waals surface area (Å²) in [4.78, 5) is 0. The third-order valence-electron chi connectivity index (χ3n) is 5.37. The van der Waals surface area contributed by atoms with E-state index in [0.717, 1.165) is 31.1 Å². The van der Waals surface area contributed by atoms with Gasteiger partial charge < -0.3 is 0 Å². The van der Waals surface area contributed by atoms with Crippen molar-refractivity contribution in [1.29, 1.82) is 0 Å². The Hall–Kier alpha value is 0.220. The number of rotatable bonds is 3. The van der Waals surface area contributed by atoms with Crippen molar-refractivity contribution in [2.75, 3.05) is 0 Å². The summed E-state index contributed by atoms with van der Waals surface area (Å²) < 4.78 is 14.2. The molecular formula is C16H28ClF. The van der Waals surface area contributed by atoms with Crippen molar-refractivity contribution in [1.82, 2.24) is 0 Å². The fourth-order valence-corrected chi connectivity index (χ4v) is 4.07. The van der Waals surface area contributed by atoms with E-state index in [2.05, 4.69) is 13.8 Å². The first-order chi connectivity index (χ1) is 8.58. The zero-order chi connectivity index (χ0) is 13.1. The molecule has 0 N–H and O–H groups in total. The smallest absolute Gasteiger partial charge is 0.119 e. The summed E-state index contributed by atoms with van der Waals surface area (Å²) in [6.07, 6.45) is 9.18. The minimum Gasteiger partial charge on any atom is -0.246 e. The Kier molecular flexibility index (Phi) is 5.35. The first kappa shape index (κ1) is 14.6. The largest absolute Gasteiger partial charge is 0.246 e. The molecular weight excluding hydrogens is 247 g/mol. The van der Waals surface area contributed by atoms with Crippen molar-refractivity contribution in [3.8, 4) is 0 Å². The van der Waals surface area contributed by atoms with Crippen LogP contribution in [0.25, 0.3) is 0 Å². The lowest BCUT2D eigenvalue weighted by atomic mass is 9.75. The SMILES string of the molecule is CC1CCC(CCC2CCC(C)C(Cl)C2F)CC1. The Bertz CT molecular complexity index is 247. The van der Waals surface area contributed by atoms with Gasteiger partial charge in [-0.05, 0) is 42.9 Å². The van der Waals surface area contributed by atoms with Crippen LogP contribution < -0.4 is 0 Å². The molecule has 106 valence electrons. The van der Waals surface area contributed by atoms with Crippen LogP contribution in [0.15, 0.2) is 0 Å². The number of hydrogen-bond acceptors (Lipinski definition) is 0. The minimum atomic E-state index is -0.766. The molecule has 0 spiro atoms. The monoisotopic (exact) mass is 274 g/mol. The fraction of sp³-hybridized carbons (Fsp3) is 1.00. The van der Waals surface area contributed by atoms with Crippen LogP contribution >= 0.6 is 11.6 Å². The van der Waals surface area contributed by atoms with Crippen LogP contribution in [0.5, 0.6) is 0 Å². The highest BCUT2D eigenvalue weighted by Gasteiger charge is 2.36. The van der Waals surface area contributed by atoms with Crippen molar-refractivity contribution in [3.63, 3.8) is 0 Å². The van der Waals surface area contributed by atoms with Gasteiger partial charge in [0.1, 0.15) is 6.17 Å². The first-order valence-electron chi connectivity index (χ1n) is 7.86. The summed E-state index contributed by atoms with van der Waals surface area (Å²) in [7, 11) is 0. The topological polar surface area (TPSA) is 0 Å². The zero-order valence-corrected chi connectivity index (χ0v) is 12.6. The molecule has 4 unspecified atom stereocenters. The fourth-order valence-electron chi connectivity index (χ4n) is 3.74. The highest BCUT2D eigenvalue weighted by atomic mass is 35.5. The van der Waals surface area contributed by atoms with Crippen LogP contribution in [-0.2, 0) is 0 Å². The highest BCUT2D eigenvalue weighted by molar-refractivity contribution is 6.21. The van der Waals surface area contributed by atoms with Gasteiger partial charge in [0, 0.05) is 0 Å². The summed E-state index contributed by atoms with van der Waals surface area (Å²) in [6, 6.07) is 0. The Morgan fingerprint density at radius 2 is 1.61 bits per heavy atom. The molecule has 0 amide bonds. The molecule has 0 radical (unpaired) electrons. The van der Waals surface area contributed by atoms with Crippen molar-refractivity contribution in [2.45, 2.75) is 76.8 Å². The van der Waals surface area contributed by atoms with Gasteiger partial charge in [-0.3, -0.25) is 0 Å². The van der Waals surface area contributed by atoms with E-state index in [1.165, 1.54) is 32.1 Å². The van der Waals surface area contributed by atoms with Gasteiger partial charge in [-0.1, -0.05) is 46.0 Å². The maximum Gasteiger partial charge on any atom is 0.119 e. The predicted molar refractivity (Wildman–Crippen MR) is 76.8 cm³/mol. The van der Waals surface area contributed by atoms with E-state index in [1.54, 1.807) is 0 Å². The van der Waals surface area contributed by atoms with Crippen molar-refractivity contribution in [3.05, 3.63) is 0 Å². The first-order valence-corrected chi connectivity index (χ1v) is 8.29. The van der Waals surface area contributed by atoms with E-state index in [4.69, 9.17) is 11.6 Å². The van der Waals surface area contributed by atoms with Gasteiger partial charge in [0.2, 0.25) is 0 Å². The van der Waals surface area contributed by atoms with Crippen LogP contribution in [0.4, 0.5) is 4.39 Å². The normalized spacial score (nSPS) is 46.0. The molecule has 0 bridgehead atoms. The Morgan fingerprint density at radius 1 is 0.944 bits per heavy atom. The molecule has 2 rings (SSSR count). The number of alkyl halides is 2. The third-order valence-corrected chi connectivity index (χ3v) is 6.04. The number of hydrogen-bond donors (Lipinski definition) is 0. The summed E-state index contributed by atoms with van der Waals surface area (Å²) in [6.45, 7) is 4.44. The lowest BCUT2D eigenvalue weighted by Crippen LogP contribution is -2.36. The van der Waals surface area contributed by atoms with Crippen LogP contribution in [0.3, 0.4) is 0 Å². The lowest BCUT2D eigenvalue weighted by molar-refractivity contribution is 0.121. The Labute approximate surface area is 117 Å². The van der Waals surface area contributed by atoms with E-state index in [1.807, 2.05) is 0 Å². The average molecular weight is 275 g/mol. The molecule has 0 heterocycles. The van der Waals surface area contributed by atoms with Gasteiger partial charge in [-0.25, -0.2) is 4.39 Å². The quantitative estimate of drug-likeness (QED) is 0.589. The van der Waals surface area contributed by atoms with E-state index in [9.17, 15) is 4.39 Å². The molecule has 0 aromatic carbocycles. The summed E-state index contributed by atoms with van der Waals surface area (Å²) >= 11 is 6.18. The van der Waals surface area contributed by atoms with Crippen LogP contribution in [-0.4, -0.2) is 11.5 Å². The molecule has 2 saturated carbocycles. The van der Waals surface area contributed by atoms with Gasteiger partial charge in [0.05, 0.1) is 5.38 Å². The summed E-state index contributed by atoms with van der Waals surface area (Å²) in [5, 5.41) is -0.241. The zero-order valence-electron chi connectivity index (χ0n) is 11.9.